The molecule has 4 nitrogen and oxygen atoms in total. The van der Waals surface area contributed by atoms with Crippen molar-refractivity contribution in [3.8, 4) is 22.8 Å². The Balaban J connectivity index is 1.53. The lowest BCUT2D eigenvalue weighted by atomic mass is 10.1. The molecule has 1 aliphatic heterocycles. The monoisotopic (exact) mass is 313 g/mol. The van der Waals surface area contributed by atoms with Gasteiger partial charge in [-0.25, -0.2) is 4.98 Å². The highest BCUT2D eigenvalue weighted by Gasteiger charge is 2.30. The molecule has 0 saturated heterocycles. The van der Waals surface area contributed by atoms with Gasteiger partial charge in [-0.3, -0.25) is 0 Å². The van der Waals surface area contributed by atoms with E-state index >= 15 is 0 Å². The average molecular weight is 313 g/mol. The minimum atomic E-state index is 0.764. The quantitative estimate of drug-likeness (QED) is 0.502. The van der Waals surface area contributed by atoms with E-state index in [-0.39, 0.29) is 0 Å². The van der Waals surface area contributed by atoms with Gasteiger partial charge in [-0.1, -0.05) is 65.8 Å². The molecule has 0 atom stereocenters. The van der Waals surface area contributed by atoms with E-state index in [1.165, 1.54) is 11.3 Å². The first-order valence-electron chi connectivity index (χ1n) is 8.03. The van der Waals surface area contributed by atoms with Crippen LogP contribution in [0.25, 0.3) is 22.8 Å². The maximum Gasteiger partial charge on any atom is 0.172 e. The van der Waals surface area contributed by atoms with Crippen LogP contribution in [0.3, 0.4) is 0 Å². The lowest BCUT2D eigenvalue weighted by Crippen LogP contribution is -2.01. The third-order valence-electron chi connectivity index (χ3n) is 4.52. The topological polar surface area (TPSA) is 43.9 Å². The van der Waals surface area contributed by atoms with Crippen LogP contribution in [0, 0.1) is 0 Å². The number of aromatic nitrogens is 3. The molecule has 3 heterocycles. The molecule has 116 valence electrons. The van der Waals surface area contributed by atoms with Crippen LogP contribution in [0.1, 0.15) is 16.8 Å². The Morgan fingerprint density at radius 2 is 1.71 bits per heavy atom. The number of benzene rings is 2. The molecule has 0 spiro atoms. The van der Waals surface area contributed by atoms with E-state index in [9.17, 15) is 0 Å². The van der Waals surface area contributed by atoms with E-state index < -0.39 is 0 Å². The molecule has 0 bridgehead atoms. The molecule has 24 heavy (non-hydrogen) atoms. The molecule has 2 aromatic carbocycles. The first-order chi connectivity index (χ1) is 11.9. The molecule has 4 aromatic rings. The Kier molecular flexibility index (Phi) is 2.88. The lowest BCUT2D eigenvalue weighted by Gasteiger charge is -2.06. The summed E-state index contributed by atoms with van der Waals surface area (Å²) in [7, 11) is 0. The molecule has 0 N–H and O–H groups in total. The molecule has 1 aliphatic rings. The highest BCUT2D eigenvalue weighted by Crippen LogP contribution is 2.38. The zero-order chi connectivity index (χ0) is 15.9. The summed E-state index contributed by atoms with van der Waals surface area (Å²) in [5.74, 6) is 1.75. The highest BCUT2D eigenvalue weighted by atomic mass is 16.5. The second-order valence-corrected chi connectivity index (χ2v) is 6.03. The van der Waals surface area contributed by atoms with Crippen molar-refractivity contribution in [2.24, 2.45) is 0 Å². The molecular formula is C20H15N3O. The molecule has 0 saturated carbocycles. The van der Waals surface area contributed by atoms with Crippen molar-refractivity contribution in [1.82, 2.24) is 14.7 Å². The van der Waals surface area contributed by atoms with Crippen molar-refractivity contribution in [2.45, 2.75) is 13.0 Å². The van der Waals surface area contributed by atoms with Gasteiger partial charge in [0, 0.05) is 23.9 Å². The Morgan fingerprint density at radius 1 is 0.958 bits per heavy atom. The highest BCUT2D eigenvalue weighted by molar-refractivity contribution is 5.72. The predicted octanol–water partition coefficient (Wildman–Crippen LogP) is 4.16. The molecular weight excluding hydrogens is 298 g/mol. The van der Waals surface area contributed by atoms with E-state index in [0.717, 1.165) is 41.4 Å². The summed E-state index contributed by atoms with van der Waals surface area (Å²) >= 11 is 0. The van der Waals surface area contributed by atoms with E-state index in [1.807, 2.05) is 42.6 Å². The molecule has 0 unspecified atom stereocenters. The van der Waals surface area contributed by atoms with Crippen molar-refractivity contribution in [1.29, 1.82) is 0 Å². The van der Waals surface area contributed by atoms with Crippen molar-refractivity contribution < 1.29 is 4.52 Å². The largest absolute Gasteiger partial charge is 0.355 e. The number of fused-ring (bicyclic) bond motifs is 3. The summed E-state index contributed by atoms with van der Waals surface area (Å²) in [5.41, 5.74) is 5.54. The summed E-state index contributed by atoms with van der Waals surface area (Å²) in [5, 5.41) is 4.28. The van der Waals surface area contributed by atoms with Gasteiger partial charge in [0.15, 0.2) is 17.3 Å². The first-order valence-corrected chi connectivity index (χ1v) is 8.03. The number of nitrogens with zero attached hydrogens (tertiary/aromatic N) is 3. The maximum absolute atomic E-state index is 5.60. The van der Waals surface area contributed by atoms with Crippen LogP contribution in [-0.2, 0) is 13.0 Å². The smallest absolute Gasteiger partial charge is 0.172 e. The molecule has 0 amide bonds. The minimum Gasteiger partial charge on any atom is -0.355 e. The Hall–Kier alpha value is -3.14. The fraction of sp³-hybridized carbons (Fsp3) is 0.100. The molecule has 4 heteroatoms. The summed E-state index contributed by atoms with van der Waals surface area (Å²) in [6, 6.07) is 20.6. The summed E-state index contributed by atoms with van der Waals surface area (Å²) in [4.78, 5) is 4.58. The van der Waals surface area contributed by atoms with Gasteiger partial charge in [0.1, 0.15) is 0 Å². The van der Waals surface area contributed by atoms with Gasteiger partial charge >= 0.3 is 0 Å². The fourth-order valence-corrected chi connectivity index (χ4v) is 3.33. The van der Waals surface area contributed by atoms with E-state index in [4.69, 9.17) is 4.52 Å². The van der Waals surface area contributed by atoms with Crippen LogP contribution >= 0.6 is 0 Å². The van der Waals surface area contributed by atoms with E-state index in [0.29, 0.717) is 0 Å². The molecule has 5 rings (SSSR count). The number of imidazole rings is 1. The molecule has 2 aromatic heterocycles. The number of hydrogen-bond acceptors (Lipinski definition) is 3. The van der Waals surface area contributed by atoms with Crippen molar-refractivity contribution in [3.63, 3.8) is 0 Å². The molecule has 0 radical (unpaired) electrons. The third kappa shape index (κ3) is 2.00. The third-order valence-corrected chi connectivity index (χ3v) is 4.52. The van der Waals surface area contributed by atoms with Gasteiger partial charge in [0.2, 0.25) is 0 Å². The van der Waals surface area contributed by atoms with Crippen LogP contribution in [0.5, 0.6) is 0 Å². The zero-order valence-electron chi connectivity index (χ0n) is 13.0. The number of rotatable bonds is 3. The Morgan fingerprint density at radius 3 is 2.50 bits per heavy atom. The van der Waals surface area contributed by atoms with Crippen LogP contribution in [0.15, 0.2) is 71.4 Å². The zero-order valence-corrected chi connectivity index (χ0v) is 13.0. The minimum absolute atomic E-state index is 0.764. The second-order valence-electron chi connectivity index (χ2n) is 6.03. The maximum atomic E-state index is 5.60. The van der Waals surface area contributed by atoms with Crippen LogP contribution in [0.2, 0.25) is 0 Å². The van der Waals surface area contributed by atoms with Gasteiger partial charge in [0.05, 0.1) is 12.1 Å². The summed E-state index contributed by atoms with van der Waals surface area (Å²) in [6.45, 7) is 0.764. The normalized spacial score (nSPS) is 12.2. The lowest BCUT2D eigenvalue weighted by molar-refractivity contribution is 0.431. The van der Waals surface area contributed by atoms with Crippen LogP contribution in [0.4, 0.5) is 0 Å². The van der Waals surface area contributed by atoms with Crippen molar-refractivity contribution >= 4 is 0 Å². The Labute approximate surface area is 139 Å². The molecule has 0 aliphatic carbocycles. The summed E-state index contributed by atoms with van der Waals surface area (Å²) < 4.78 is 7.85. The average Bonchev–Trinajstić information content (AvgIpc) is 3.29. The van der Waals surface area contributed by atoms with E-state index in [2.05, 4.69) is 39.0 Å². The SMILES string of the molecule is c1ccc(Cc2cnc3n2Cc2c-3noc2-c2ccccc2)cc1. The Bertz CT molecular complexity index is 1000. The van der Waals surface area contributed by atoms with Gasteiger partial charge in [-0.15, -0.1) is 0 Å². The van der Waals surface area contributed by atoms with Crippen LogP contribution in [-0.4, -0.2) is 14.7 Å². The molecule has 0 fully saturated rings. The predicted molar refractivity (Wildman–Crippen MR) is 91.5 cm³/mol. The standard InChI is InChI=1S/C20H15N3O/c1-3-7-14(8-4-1)11-16-12-21-20-18-17(13-23(16)20)19(24-22-18)15-9-5-2-6-10-15/h1-10,12H,11,13H2. The second kappa shape index (κ2) is 5.20. The van der Waals surface area contributed by atoms with Gasteiger partial charge in [-0.05, 0) is 5.56 Å². The van der Waals surface area contributed by atoms with Crippen molar-refractivity contribution in [2.75, 3.05) is 0 Å². The van der Waals surface area contributed by atoms with Gasteiger partial charge < -0.3 is 9.09 Å². The van der Waals surface area contributed by atoms with Gasteiger partial charge in [0.25, 0.3) is 0 Å². The van der Waals surface area contributed by atoms with Crippen molar-refractivity contribution in [3.05, 3.63) is 83.7 Å². The van der Waals surface area contributed by atoms with E-state index in [1.54, 1.807) is 0 Å². The summed E-state index contributed by atoms with van der Waals surface area (Å²) in [6.07, 6.45) is 2.82. The number of hydrogen-bond donors (Lipinski definition) is 0. The first kappa shape index (κ1) is 13.3. The fourth-order valence-electron chi connectivity index (χ4n) is 3.33. The van der Waals surface area contributed by atoms with Gasteiger partial charge in [-0.2, -0.15) is 0 Å². The van der Waals surface area contributed by atoms with Crippen LogP contribution < -0.4 is 0 Å².